The highest BCUT2D eigenvalue weighted by atomic mass is 16.3. The van der Waals surface area contributed by atoms with E-state index in [1.807, 2.05) is 48.5 Å². The van der Waals surface area contributed by atoms with Gasteiger partial charge in [-0.05, 0) is 48.5 Å². The van der Waals surface area contributed by atoms with Crippen LogP contribution in [0, 0.1) is 6.57 Å². The fraction of sp³-hybridized carbons (Fsp3) is 0. The zero-order chi connectivity index (χ0) is 47.4. The summed E-state index contributed by atoms with van der Waals surface area (Å²) < 4.78 is 14.7. The molecule has 15 aromatic rings. The van der Waals surface area contributed by atoms with Crippen LogP contribution in [0.3, 0.4) is 0 Å². The molecule has 0 atom stereocenters. The van der Waals surface area contributed by atoms with E-state index in [0.717, 1.165) is 116 Å². The van der Waals surface area contributed by atoms with Gasteiger partial charge in [-0.15, -0.1) is 0 Å². The van der Waals surface area contributed by atoms with Crippen LogP contribution in [0.5, 0.6) is 0 Å². The van der Waals surface area contributed by atoms with Crippen LogP contribution < -0.4 is 0 Å². The fourth-order valence-corrected chi connectivity index (χ4v) is 11.5. The zero-order valence-corrected chi connectivity index (χ0v) is 38.5. The van der Waals surface area contributed by atoms with Crippen LogP contribution in [-0.2, 0) is 0 Å². The predicted molar refractivity (Wildman–Crippen MR) is 295 cm³/mol. The Hall–Kier alpha value is -10.0. The quantitative estimate of drug-likeness (QED) is 0.156. The number of furan rings is 1. The van der Waals surface area contributed by atoms with E-state index in [4.69, 9.17) is 19.2 Å². The predicted octanol–water partition coefficient (Wildman–Crippen LogP) is 17.2. The molecule has 0 unspecified atom stereocenters. The van der Waals surface area contributed by atoms with Crippen LogP contribution in [0.2, 0.25) is 0 Å². The highest BCUT2D eigenvalue weighted by molar-refractivity contribution is 6.24. The molecular weight excluding hydrogens is 881 g/mol. The van der Waals surface area contributed by atoms with Gasteiger partial charge in [0.2, 0.25) is 5.69 Å². The van der Waals surface area contributed by atoms with E-state index in [9.17, 15) is 6.57 Å². The number of hydrogen-bond donors (Lipinski definition) is 0. The second-order valence-electron chi connectivity index (χ2n) is 18.3. The molecule has 15 rings (SSSR count). The molecule has 0 fully saturated rings. The minimum absolute atomic E-state index is 0.470. The van der Waals surface area contributed by atoms with Crippen molar-refractivity contribution >= 4 is 93.0 Å². The second-order valence-corrected chi connectivity index (χ2v) is 18.3. The van der Waals surface area contributed by atoms with E-state index in [1.54, 1.807) is 0 Å². The van der Waals surface area contributed by atoms with Gasteiger partial charge in [-0.1, -0.05) is 182 Å². The van der Waals surface area contributed by atoms with Gasteiger partial charge in [-0.2, -0.15) is 0 Å². The fourth-order valence-electron chi connectivity index (χ4n) is 11.5. The maximum atomic E-state index is 9.55. The number of fused-ring (bicyclic) bond motifs is 12. The minimum Gasteiger partial charge on any atom is -0.454 e. The van der Waals surface area contributed by atoms with Gasteiger partial charge in [-0.3, -0.25) is 0 Å². The van der Waals surface area contributed by atoms with Gasteiger partial charge >= 0.3 is 0 Å². The first kappa shape index (κ1) is 39.9. The third-order valence-corrected chi connectivity index (χ3v) is 14.5. The Morgan fingerprint density at radius 2 is 0.708 bits per heavy atom. The molecule has 0 spiro atoms. The van der Waals surface area contributed by atoms with Crippen LogP contribution in [0.1, 0.15) is 0 Å². The number of aromatic nitrogens is 5. The summed E-state index contributed by atoms with van der Waals surface area (Å²) in [5.41, 5.74) is 14.3. The summed E-state index contributed by atoms with van der Waals surface area (Å²) in [6, 6.07) is 80.2. The Bertz CT molecular complexity index is 4540. The maximum Gasteiger partial charge on any atom is 0.224 e. The van der Waals surface area contributed by atoms with Gasteiger partial charge < -0.3 is 18.1 Å². The highest BCUT2D eigenvalue weighted by Crippen LogP contribution is 2.53. The molecule has 7 heteroatoms. The molecule has 0 radical (unpaired) electrons. The molecule has 7 nitrogen and oxygen atoms in total. The van der Waals surface area contributed by atoms with Crippen LogP contribution in [0.25, 0.3) is 143 Å². The molecule has 0 aliphatic rings. The summed E-state index contributed by atoms with van der Waals surface area (Å²) in [5, 5.41) is 8.13. The summed E-state index contributed by atoms with van der Waals surface area (Å²) in [6.07, 6.45) is 0. The molecular formula is C65H38N6O. The van der Waals surface area contributed by atoms with Gasteiger partial charge in [0.05, 0.1) is 68.0 Å². The molecule has 334 valence electrons. The van der Waals surface area contributed by atoms with E-state index in [2.05, 4.69) is 196 Å². The van der Waals surface area contributed by atoms with E-state index >= 15 is 0 Å². The number of para-hydroxylation sites is 7. The van der Waals surface area contributed by atoms with Crippen molar-refractivity contribution in [1.29, 1.82) is 0 Å². The van der Waals surface area contributed by atoms with Crippen molar-refractivity contribution in [1.82, 2.24) is 23.7 Å². The van der Waals surface area contributed by atoms with E-state index in [1.165, 1.54) is 0 Å². The van der Waals surface area contributed by atoms with Crippen molar-refractivity contribution in [3.05, 3.63) is 242 Å². The lowest BCUT2D eigenvalue weighted by molar-refractivity contribution is 0.666. The SMILES string of the molecule is [C-]#[N+]c1c(-n2c3ccccc3c3ccccc32)c(-n2c3ccccc3c3ccccc32)c(-n2c3ccccc3c3ccccc32)c2oc3c(-c4nc(-c5ccccc5)cc(-c5ccccc5)n4)cccc3c12. The third kappa shape index (κ3) is 5.66. The average molecular weight is 919 g/mol. The molecule has 72 heavy (non-hydrogen) atoms. The van der Waals surface area contributed by atoms with Crippen molar-refractivity contribution in [2.45, 2.75) is 0 Å². The Kier molecular flexibility index (Phi) is 8.59. The first-order valence-corrected chi connectivity index (χ1v) is 24.1. The Labute approximate surface area is 412 Å². The number of benzene rings is 10. The van der Waals surface area contributed by atoms with Gasteiger partial charge in [-0.25, -0.2) is 14.8 Å². The molecule has 0 bridgehead atoms. The summed E-state index contributed by atoms with van der Waals surface area (Å²) >= 11 is 0. The topological polar surface area (TPSA) is 58.1 Å². The zero-order valence-electron chi connectivity index (χ0n) is 38.5. The van der Waals surface area contributed by atoms with Crippen molar-refractivity contribution in [2.24, 2.45) is 0 Å². The highest BCUT2D eigenvalue weighted by Gasteiger charge is 2.33. The standard InChI is InChI=1S/C65H38N6O/c1-66-59-58-48-31-20-32-49(65-67-50(40-21-4-2-5-22-40)39-51(68-65)41-23-6-3-7-24-41)63(48)72-64(58)62(71-56-37-18-12-29-46(56)47-30-13-19-38-57(47)71)61(70-54-35-16-10-27-44(54)45-28-11-17-36-55(45)70)60(59)69-52-33-14-8-25-42(52)43-26-9-15-34-53(43)69/h2-39H. The van der Waals surface area contributed by atoms with Gasteiger partial charge in [0, 0.05) is 54.2 Å². The largest absolute Gasteiger partial charge is 0.454 e. The van der Waals surface area contributed by atoms with Crippen molar-refractivity contribution in [3.63, 3.8) is 0 Å². The molecule has 0 aliphatic heterocycles. The minimum atomic E-state index is 0.470. The van der Waals surface area contributed by atoms with Crippen LogP contribution in [-0.4, -0.2) is 23.7 Å². The molecule has 0 N–H and O–H groups in total. The maximum absolute atomic E-state index is 9.55. The summed E-state index contributed by atoms with van der Waals surface area (Å²) in [5.74, 6) is 0.521. The summed E-state index contributed by atoms with van der Waals surface area (Å²) in [7, 11) is 0. The molecule has 0 aliphatic carbocycles. The lowest BCUT2D eigenvalue weighted by Gasteiger charge is -2.24. The van der Waals surface area contributed by atoms with Gasteiger partial charge in [0.1, 0.15) is 11.3 Å². The molecule has 5 heterocycles. The summed E-state index contributed by atoms with van der Waals surface area (Å²) in [6.45, 7) is 9.55. The Morgan fingerprint density at radius 3 is 1.12 bits per heavy atom. The van der Waals surface area contributed by atoms with Gasteiger partial charge in [0.15, 0.2) is 11.4 Å². The first-order valence-electron chi connectivity index (χ1n) is 24.1. The number of rotatable bonds is 6. The summed E-state index contributed by atoms with van der Waals surface area (Å²) in [4.78, 5) is 15.3. The van der Waals surface area contributed by atoms with Crippen molar-refractivity contribution < 1.29 is 4.42 Å². The van der Waals surface area contributed by atoms with Crippen molar-refractivity contribution in [3.8, 4) is 51.0 Å². The first-order chi connectivity index (χ1) is 35.7. The van der Waals surface area contributed by atoms with Crippen LogP contribution >= 0.6 is 0 Å². The van der Waals surface area contributed by atoms with Gasteiger partial charge in [0.25, 0.3) is 0 Å². The molecule has 0 saturated heterocycles. The van der Waals surface area contributed by atoms with Crippen molar-refractivity contribution in [2.75, 3.05) is 0 Å². The molecule has 5 aromatic heterocycles. The smallest absolute Gasteiger partial charge is 0.224 e. The normalized spacial score (nSPS) is 11.9. The Balaban J connectivity index is 1.20. The number of nitrogens with zero attached hydrogens (tertiary/aromatic N) is 6. The number of hydrogen-bond acceptors (Lipinski definition) is 3. The van der Waals surface area contributed by atoms with Crippen LogP contribution in [0.15, 0.2) is 235 Å². The molecule has 10 aromatic carbocycles. The lowest BCUT2D eigenvalue weighted by atomic mass is 10.0. The average Bonchev–Trinajstić information content (AvgIpc) is 4.20. The Morgan fingerprint density at radius 1 is 0.347 bits per heavy atom. The monoisotopic (exact) mass is 918 g/mol. The van der Waals surface area contributed by atoms with E-state index in [-0.39, 0.29) is 0 Å². The lowest BCUT2D eigenvalue weighted by Crippen LogP contribution is -2.10. The van der Waals surface area contributed by atoms with E-state index < -0.39 is 0 Å². The van der Waals surface area contributed by atoms with Crippen LogP contribution in [0.4, 0.5) is 5.69 Å². The van der Waals surface area contributed by atoms with E-state index in [0.29, 0.717) is 28.1 Å². The third-order valence-electron chi connectivity index (χ3n) is 14.5. The molecule has 0 saturated carbocycles. The second kappa shape index (κ2) is 15.5. The molecule has 0 amide bonds.